The van der Waals surface area contributed by atoms with E-state index in [2.05, 4.69) is 4.98 Å². The number of amides is 1. The molecule has 4 nitrogen and oxygen atoms in total. The van der Waals surface area contributed by atoms with E-state index in [0.29, 0.717) is 5.92 Å². The number of likely N-dealkylation sites (tertiary alicyclic amines) is 1. The first-order valence-electron chi connectivity index (χ1n) is 7.54. The molecule has 0 radical (unpaired) electrons. The molecule has 2 heterocycles. The smallest absolute Gasteiger partial charge is 0.246 e. The molecule has 0 saturated carbocycles. The Morgan fingerprint density at radius 3 is 2.71 bits per heavy atom. The predicted octanol–water partition coefficient (Wildman–Crippen LogP) is 2.49. The number of hydrogen-bond acceptors (Lipinski definition) is 3. The fourth-order valence-corrected chi connectivity index (χ4v) is 2.80. The monoisotopic (exact) mass is 288 g/mol. The normalized spacial score (nSPS) is 17.4. The minimum absolute atomic E-state index is 0.0439. The third kappa shape index (κ3) is 5.31. The second-order valence-corrected chi connectivity index (χ2v) is 6.37. The van der Waals surface area contributed by atoms with E-state index in [9.17, 15) is 9.90 Å². The van der Waals surface area contributed by atoms with Gasteiger partial charge in [-0.3, -0.25) is 9.78 Å². The molecule has 1 aliphatic rings. The lowest BCUT2D eigenvalue weighted by molar-refractivity contribution is -0.127. The minimum Gasteiger partial charge on any atom is -0.390 e. The van der Waals surface area contributed by atoms with Gasteiger partial charge in [-0.25, -0.2) is 0 Å². The molecule has 1 aromatic heterocycles. The van der Waals surface area contributed by atoms with Crippen molar-refractivity contribution in [2.24, 2.45) is 5.92 Å². The minimum atomic E-state index is -0.615. The Hall–Kier alpha value is -1.68. The number of carbonyl (C=O) groups is 1. The number of aliphatic hydroxyl groups is 1. The van der Waals surface area contributed by atoms with Gasteiger partial charge in [0.15, 0.2) is 0 Å². The first-order valence-corrected chi connectivity index (χ1v) is 7.54. The Morgan fingerprint density at radius 2 is 2.14 bits per heavy atom. The number of aromatic nitrogens is 1. The summed E-state index contributed by atoms with van der Waals surface area (Å²) in [4.78, 5) is 18.2. The average Bonchev–Trinajstić information content (AvgIpc) is 2.45. The van der Waals surface area contributed by atoms with Crippen molar-refractivity contribution in [2.45, 2.75) is 38.7 Å². The largest absolute Gasteiger partial charge is 0.390 e. The molecule has 0 aliphatic carbocycles. The van der Waals surface area contributed by atoms with Gasteiger partial charge in [-0.2, -0.15) is 0 Å². The summed E-state index contributed by atoms with van der Waals surface area (Å²) in [6, 6.07) is 5.63. The molecule has 2 rings (SSSR count). The Kier molecular flexibility index (Phi) is 5.12. The first-order chi connectivity index (χ1) is 9.94. The maximum absolute atomic E-state index is 12.1. The van der Waals surface area contributed by atoms with E-state index in [-0.39, 0.29) is 5.91 Å². The Labute approximate surface area is 126 Å². The Bertz CT molecular complexity index is 483. The zero-order valence-corrected chi connectivity index (χ0v) is 12.8. The van der Waals surface area contributed by atoms with Gasteiger partial charge >= 0.3 is 0 Å². The molecular formula is C17H24N2O2. The van der Waals surface area contributed by atoms with Crippen molar-refractivity contribution in [3.8, 4) is 0 Å². The number of nitrogens with zero attached hydrogens (tertiary/aromatic N) is 2. The van der Waals surface area contributed by atoms with Crippen LogP contribution in [0.3, 0.4) is 0 Å². The summed E-state index contributed by atoms with van der Waals surface area (Å²) in [5.41, 5.74) is 0.179. The van der Waals surface area contributed by atoms with Gasteiger partial charge in [-0.1, -0.05) is 6.07 Å². The summed E-state index contributed by atoms with van der Waals surface area (Å²) in [7, 11) is 0. The maximum atomic E-state index is 12.1. The Morgan fingerprint density at radius 1 is 1.43 bits per heavy atom. The van der Waals surface area contributed by atoms with Crippen LogP contribution in [0.2, 0.25) is 0 Å². The van der Waals surface area contributed by atoms with Crippen molar-refractivity contribution in [3.05, 3.63) is 36.2 Å². The lowest BCUT2D eigenvalue weighted by Gasteiger charge is -2.34. The quantitative estimate of drug-likeness (QED) is 0.866. The lowest BCUT2D eigenvalue weighted by Crippen LogP contribution is -2.39. The Balaban J connectivity index is 1.82. The molecule has 114 valence electrons. The summed E-state index contributed by atoms with van der Waals surface area (Å²) in [5, 5.41) is 9.86. The molecule has 1 aromatic rings. The van der Waals surface area contributed by atoms with Crippen molar-refractivity contribution in [3.63, 3.8) is 0 Å². The van der Waals surface area contributed by atoms with Gasteiger partial charge in [0.1, 0.15) is 0 Å². The number of pyridine rings is 1. The van der Waals surface area contributed by atoms with Crippen LogP contribution in [0.4, 0.5) is 0 Å². The van der Waals surface area contributed by atoms with Crippen molar-refractivity contribution >= 4 is 12.0 Å². The van der Waals surface area contributed by atoms with Crippen LogP contribution in [0.5, 0.6) is 0 Å². The highest BCUT2D eigenvalue weighted by Crippen LogP contribution is 2.26. The van der Waals surface area contributed by atoms with Crippen LogP contribution in [-0.4, -0.2) is 39.6 Å². The van der Waals surface area contributed by atoms with Crippen molar-refractivity contribution in [1.29, 1.82) is 0 Å². The standard InChI is InChI=1S/C17H24N2O2/c1-17(2,21)13-14-8-11-19(12-9-14)16(20)7-6-15-5-3-4-10-18-15/h3-7,10,14,21H,8-9,11-13H2,1-2H3/b7-6+. The summed E-state index contributed by atoms with van der Waals surface area (Å²) >= 11 is 0. The zero-order chi connectivity index (χ0) is 15.3. The topological polar surface area (TPSA) is 53.4 Å². The number of rotatable bonds is 4. The number of carbonyl (C=O) groups excluding carboxylic acids is 1. The first kappa shape index (κ1) is 15.7. The third-order valence-corrected chi connectivity index (χ3v) is 3.80. The zero-order valence-electron chi connectivity index (χ0n) is 12.8. The van der Waals surface area contributed by atoms with E-state index in [0.717, 1.165) is 38.0 Å². The molecule has 0 spiro atoms. The molecule has 0 atom stereocenters. The second kappa shape index (κ2) is 6.85. The molecule has 1 saturated heterocycles. The average molecular weight is 288 g/mol. The molecule has 1 fully saturated rings. The molecular weight excluding hydrogens is 264 g/mol. The molecule has 0 unspecified atom stereocenters. The van der Waals surface area contributed by atoms with Crippen molar-refractivity contribution < 1.29 is 9.90 Å². The van der Waals surface area contributed by atoms with Gasteiger partial charge in [0, 0.05) is 25.4 Å². The number of hydrogen-bond donors (Lipinski definition) is 1. The van der Waals surface area contributed by atoms with E-state index in [4.69, 9.17) is 0 Å². The van der Waals surface area contributed by atoms with Crippen LogP contribution >= 0.6 is 0 Å². The molecule has 1 amide bonds. The lowest BCUT2D eigenvalue weighted by atomic mass is 9.86. The van der Waals surface area contributed by atoms with Crippen molar-refractivity contribution in [2.75, 3.05) is 13.1 Å². The van der Waals surface area contributed by atoms with E-state index in [1.807, 2.05) is 36.9 Å². The summed E-state index contributed by atoms with van der Waals surface area (Å²) in [5.74, 6) is 0.552. The van der Waals surface area contributed by atoms with Gasteiger partial charge in [0.05, 0.1) is 11.3 Å². The summed E-state index contributed by atoms with van der Waals surface area (Å²) in [6.45, 7) is 5.23. The highest BCUT2D eigenvalue weighted by molar-refractivity contribution is 5.91. The fourth-order valence-electron chi connectivity index (χ4n) is 2.80. The molecule has 21 heavy (non-hydrogen) atoms. The van der Waals surface area contributed by atoms with Gasteiger partial charge in [0.2, 0.25) is 5.91 Å². The summed E-state index contributed by atoms with van der Waals surface area (Å²) < 4.78 is 0. The van der Waals surface area contributed by atoms with Crippen LogP contribution < -0.4 is 0 Å². The molecule has 1 aliphatic heterocycles. The number of piperidine rings is 1. The maximum Gasteiger partial charge on any atom is 0.246 e. The van der Waals surface area contributed by atoms with E-state index in [1.165, 1.54) is 0 Å². The molecule has 0 bridgehead atoms. The highest BCUT2D eigenvalue weighted by Gasteiger charge is 2.26. The van der Waals surface area contributed by atoms with Crippen LogP contribution in [0.25, 0.3) is 6.08 Å². The van der Waals surface area contributed by atoms with Crippen LogP contribution in [0.1, 0.15) is 38.8 Å². The van der Waals surface area contributed by atoms with Gasteiger partial charge in [0.25, 0.3) is 0 Å². The van der Waals surface area contributed by atoms with Crippen LogP contribution in [0.15, 0.2) is 30.5 Å². The third-order valence-electron chi connectivity index (χ3n) is 3.80. The van der Waals surface area contributed by atoms with Gasteiger partial charge in [-0.15, -0.1) is 0 Å². The SMILES string of the molecule is CC(C)(O)CC1CCN(C(=O)/C=C/c2ccccn2)CC1. The summed E-state index contributed by atoms with van der Waals surface area (Å²) in [6.07, 6.45) is 7.80. The van der Waals surface area contributed by atoms with E-state index < -0.39 is 5.60 Å². The van der Waals surface area contributed by atoms with Crippen LogP contribution in [-0.2, 0) is 4.79 Å². The van der Waals surface area contributed by atoms with Crippen molar-refractivity contribution in [1.82, 2.24) is 9.88 Å². The molecule has 4 heteroatoms. The molecule has 1 N–H and O–H groups in total. The van der Waals surface area contributed by atoms with Gasteiger partial charge < -0.3 is 10.0 Å². The van der Waals surface area contributed by atoms with E-state index >= 15 is 0 Å². The van der Waals surface area contributed by atoms with Crippen LogP contribution in [0, 0.1) is 5.92 Å². The highest BCUT2D eigenvalue weighted by atomic mass is 16.3. The fraction of sp³-hybridized carbons (Fsp3) is 0.529. The molecule has 0 aromatic carbocycles. The second-order valence-electron chi connectivity index (χ2n) is 6.37. The van der Waals surface area contributed by atoms with Gasteiger partial charge in [-0.05, 0) is 57.2 Å². The van der Waals surface area contributed by atoms with E-state index in [1.54, 1.807) is 18.3 Å². The predicted molar refractivity (Wildman–Crippen MR) is 83.5 cm³/mol.